The molecular formula is C17H20ClN7. The Balaban J connectivity index is 1.53. The summed E-state index contributed by atoms with van der Waals surface area (Å²) < 4.78 is 1.80. The summed E-state index contributed by atoms with van der Waals surface area (Å²) in [6, 6.07) is 6.37. The summed E-state index contributed by atoms with van der Waals surface area (Å²) in [5.41, 5.74) is 1.82. The summed E-state index contributed by atoms with van der Waals surface area (Å²) in [7, 11) is 1.91. The van der Waals surface area contributed by atoms with Gasteiger partial charge in [-0.15, -0.1) is 0 Å². The lowest BCUT2D eigenvalue weighted by molar-refractivity contribution is 0.478. The number of anilines is 3. The number of nitrogens with one attached hydrogen (secondary N) is 3. The topological polar surface area (TPSA) is 79.7 Å². The number of nitrogens with zero attached hydrogens (tertiary/aromatic N) is 4. The van der Waals surface area contributed by atoms with Crippen molar-refractivity contribution in [2.45, 2.75) is 18.9 Å². The molecule has 25 heavy (non-hydrogen) atoms. The van der Waals surface area contributed by atoms with Crippen LogP contribution in [0.25, 0.3) is 10.9 Å². The van der Waals surface area contributed by atoms with Crippen LogP contribution in [0.1, 0.15) is 12.8 Å². The first-order valence-corrected chi connectivity index (χ1v) is 8.75. The number of benzene rings is 1. The van der Waals surface area contributed by atoms with Gasteiger partial charge in [0.25, 0.3) is 0 Å². The van der Waals surface area contributed by atoms with Crippen molar-refractivity contribution < 1.29 is 0 Å². The molecule has 2 aromatic heterocycles. The van der Waals surface area contributed by atoms with Gasteiger partial charge in [-0.2, -0.15) is 10.1 Å². The van der Waals surface area contributed by atoms with E-state index >= 15 is 0 Å². The second-order valence-electron chi connectivity index (χ2n) is 6.26. The van der Waals surface area contributed by atoms with Gasteiger partial charge in [-0.3, -0.25) is 4.68 Å². The van der Waals surface area contributed by atoms with Crippen molar-refractivity contribution in [2.24, 2.45) is 7.05 Å². The largest absolute Gasteiger partial charge is 0.366 e. The Hall–Kier alpha value is -2.38. The van der Waals surface area contributed by atoms with Crippen molar-refractivity contribution in [3.8, 4) is 0 Å². The van der Waals surface area contributed by atoms with E-state index in [1.54, 1.807) is 10.9 Å². The van der Waals surface area contributed by atoms with Crippen LogP contribution >= 0.6 is 11.6 Å². The molecule has 0 amide bonds. The highest BCUT2D eigenvalue weighted by Crippen LogP contribution is 2.24. The van der Waals surface area contributed by atoms with E-state index in [9.17, 15) is 0 Å². The van der Waals surface area contributed by atoms with Crippen LogP contribution in [0.15, 0.2) is 30.6 Å². The molecule has 0 atom stereocenters. The molecule has 3 N–H and O–H groups in total. The SMILES string of the molecule is Cn1cc2ccc(Nc3ncc(Cl)c(NC4CCNCC4)n3)cc2n1. The van der Waals surface area contributed by atoms with Crippen molar-refractivity contribution >= 4 is 40.0 Å². The summed E-state index contributed by atoms with van der Waals surface area (Å²) in [6.45, 7) is 2.02. The van der Waals surface area contributed by atoms with Gasteiger partial charge in [0, 0.05) is 30.4 Å². The van der Waals surface area contributed by atoms with E-state index < -0.39 is 0 Å². The monoisotopic (exact) mass is 357 g/mol. The third-order valence-corrected chi connectivity index (χ3v) is 4.58. The van der Waals surface area contributed by atoms with Crippen molar-refractivity contribution in [3.63, 3.8) is 0 Å². The first-order chi connectivity index (χ1) is 12.2. The van der Waals surface area contributed by atoms with Gasteiger partial charge < -0.3 is 16.0 Å². The van der Waals surface area contributed by atoms with E-state index in [4.69, 9.17) is 11.6 Å². The Labute approximate surface area is 150 Å². The normalized spacial score (nSPS) is 15.4. The number of halogens is 1. The summed E-state index contributed by atoms with van der Waals surface area (Å²) in [6.07, 6.45) is 5.72. The lowest BCUT2D eigenvalue weighted by Gasteiger charge is -2.24. The van der Waals surface area contributed by atoms with Crippen LogP contribution in [-0.4, -0.2) is 38.9 Å². The predicted molar refractivity (Wildman–Crippen MR) is 101 cm³/mol. The van der Waals surface area contributed by atoms with E-state index in [2.05, 4.69) is 31.0 Å². The number of hydrogen-bond acceptors (Lipinski definition) is 6. The average molecular weight is 358 g/mol. The number of piperidine rings is 1. The second kappa shape index (κ2) is 6.85. The van der Waals surface area contributed by atoms with Crippen LogP contribution in [0.2, 0.25) is 5.02 Å². The van der Waals surface area contributed by atoms with Gasteiger partial charge in [0.05, 0.1) is 11.7 Å². The van der Waals surface area contributed by atoms with Gasteiger partial charge in [0.1, 0.15) is 5.02 Å². The van der Waals surface area contributed by atoms with E-state index in [0.29, 0.717) is 22.8 Å². The predicted octanol–water partition coefficient (Wildman–Crippen LogP) is 2.92. The van der Waals surface area contributed by atoms with Gasteiger partial charge in [-0.05, 0) is 44.1 Å². The quantitative estimate of drug-likeness (QED) is 0.666. The zero-order chi connectivity index (χ0) is 17.2. The fraction of sp³-hybridized carbons (Fsp3) is 0.353. The van der Waals surface area contributed by atoms with E-state index in [1.165, 1.54) is 0 Å². The highest BCUT2D eigenvalue weighted by atomic mass is 35.5. The van der Waals surface area contributed by atoms with Crippen LogP contribution in [0.3, 0.4) is 0 Å². The summed E-state index contributed by atoms with van der Waals surface area (Å²) in [5.74, 6) is 1.18. The third-order valence-electron chi connectivity index (χ3n) is 4.30. The van der Waals surface area contributed by atoms with Crippen molar-refractivity contribution in [1.82, 2.24) is 25.1 Å². The van der Waals surface area contributed by atoms with Gasteiger partial charge in [-0.25, -0.2) is 4.98 Å². The van der Waals surface area contributed by atoms with Crippen molar-refractivity contribution in [3.05, 3.63) is 35.6 Å². The number of aryl methyl sites for hydroxylation is 1. The van der Waals surface area contributed by atoms with Crippen LogP contribution in [-0.2, 0) is 7.05 Å². The van der Waals surface area contributed by atoms with Gasteiger partial charge in [0.2, 0.25) is 5.95 Å². The lowest BCUT2D eigenvalue weighted by atomic mass is 10.1. The molecule has 4 rings (SSSR count). The Morgan fingerprint density at radius 3 is 2.96 bits per heavy atom. The van der Waals surface area contributed by atoms with Crippen molar-refractivity contribution in [1.29, 1.82) is 0 Å². The van der Waals surface area contributed by atoms with Crippen LogP contribution in [0.5, 0.6) is 0 Å². The molecule has 1 aliphatic heterocycles. The fourth-order valence-corrected chi connectivity index (χ4v) is 3.18. The molecule has 0 unspecified atom stereocenters. The third kappa shape index (κ3) is 3.67. The molecule has 130 valence electrons. The van der Waals surface area contributed by atoms with Crippen LogP contribution < -0.4 is 16.0 Å². The molecule has 7 nitrogen and oxygen atoms in total. The molecule has 3 heterocycles. The number of rotatable bonds is 4. The maximum atomic E-state index is 6.26. The van der Waals surface area contributed by atoms with Gasteiger partial charge in [0.15, 0.2) is 5.82 Å². The zero-order valence-corrected chi connectivity index (χ0v) is 14.7. The first-order valence-electron chi connectivity index (χ1n) is 8.37. The Bertz CT molecular complexity index is 886. The molecule has 0 bridgehead atoms. The van der Waals surface area contributed by atoms with E-state index in [0.717, 1.165) is 42.5 Å². The Morgan fingerprint density at radius 1 is 1.28 bits per heavy atom. The minimum absolute atomic E-state index is 0.381. The summed E-state index contributed by atoms with van der Waals surface area (Å²) in [5, 5.41) is 16.1. The highest BCUT2D eigenvalue weighted by molar-refractivity contribution is 6.32. The zero-order valence-electron chi connectivity index (χ0n) is 14.0. The van der Waals surface area contributed by atoms with E-state index in [1.807, 2.05) is 31.4 Å². The van der Waals surface area contributed by atoms with E-state index in [-0.39, 0.29) is 0 Å². The average Bonchev–Trinajstić information content (AvgIpc) is 2.98. The fourth-order valence-electron chi connectivity index (χ4n) is 3.03. The standard InChI is InChI=1S/C17H20ClN7/c1-25-10-11-2-3-13(8-15(11)24-25)22-17-20-9-14(18)16(23-17)21-12-4-6-19-7-5-12/h2-3,8-10,12,19H,4-7H2,1H3,(H2,20,21,22,23). The van der Waals surface area contributed by atoms with Crippen LogP contribution in [0.4, 0.5) is 17.5 Å². The molecule has 1 aromatic carbocycles. The minimum Gasteiger partial charge on any atom is -0.366 e. The number of hydrogen-bond donors (Lipinski definition) is 3. The van der Waals surface area contributed by atoms with Crippen LogP contribution in [0, 0.1) is 0 Å². The number of fused-ring (bicyclic) bond motifs is 1. The molecule has 3 aromatic rings. The van der Waals surface area contributed by atoms with Gasteiger partial charge >= 0.3 is 0 Å². The summed E-state index contributed by atoms with van der Waals surface area (Å²) >= 11 is 6.26. The molecular weight excluding hydrogens is 338 g/mol. The Kier molecular flexibility index (Phi) is 4.42. The smallest absolute Gasteiger partial charge is 0.229 e. The molecule has 1 aliphatic rings. The van der Waals surface area contributed by atoms with Crippen molar-refractivity contribution in [2.75, 3.05) is 23.7 Å². The molecule has 0 radical (unpaired) electrons. The molecule has 0 saturated carbocycles. The molecule has 1 saturated heterocycles. The molecule has 0 spiro atoms. The van der Waals surface area contributed by atoms with Gasteiger partial charge in [-0.1, -0.05) is 11.6 Å². The first kappa shape index (κ1) is 16.1. The summed E-state index contributed by atoms with van der Waals surface area (Å²) in [4.78, 5) is 8.82. The Morgan fingerprint density at radius 2 is 2.12 bits per heavy atom. The lowest BCUT2D eigenvalue weighted by Crippen LogP contribution is -2.35. The highest BCUT2D eigenvalue weighted by Gasteiger charge is 2.15. The maximum absolute atomic E-state index is 6.26. The minimum atomic E-state index is 0.381. The number of aromatic nitrogens is 4. The molecule has 0 aliphatic carbocycles. The second-order valence-corrected chi connectivity index (χ2v) is 6.67. The maximum Gasteiger partial charge on any atom is 0.229 e. The molecule has 8 heteroatoms. The molecule has 1 fully saturated rings.